The third kappa shape index (κ3) is 2.26. The first kappa shape index (κ1) is 19.4. The molecule has 150 valence electrons. The van der Waals surface area contributed by atoms with Crippen molar-refractivity contribution in [1.29, 1.82) is 0 Å². The molecule has 27 heavy (non-hydrogen) atoms. The Hall–Kier alpha value is -0.890. The molecule has 0 spiro atoms. The van der Waals surface area contributed by atoms with Gasteiger partial charge in [-0.1, -0.05) is 58.8 Å². The van der Waals surface area contributed by atoms with Crippen LogP contribution in [-0.2, 0) is 4.79 Å². The Bertz CT molecular complexity index is 729. The lowest BCUT2D eigenvalue weighted by Gasteiger charge is -2.59. The van der Waals surface area contributed by atoms with Gasteiger partial charge in [0.25, 0.3) is 0 Å². The standard InChI is InChI=1S/C25H38O2/c1-16(15-26)17-9-13-25(6)19-7-8-20-22(2,3)21(27)11-12-23(20,4)18(19)10-14-24(17,25)5/h11-12,16-17,20,26H,7-10,13-15H2,1-6H3. The number of rotatable bonds is 2. The van der Waals surface area contributed by atoms with E-state index in [2.05, 4.69) is 47.6 Å². The van der Waals surface area contributed by atoms with Gasteiger partial charge in [-0.25, -0.2) is 0 Å². The summed E-state index contributed by atoms with van der Waals surface area (Å²) >= 11 is 0. The number of hydrogen-bond donors (Lipinski definition) is 1. The highest BCUT2D eigenvalue weighted by Gasteiger charge is 2.62. The molecular weight excluding hydrogens is 332 g/mol. The van der Waals surface area contributed by atoms with Crippen LogP contribution in [0.2, 0.25) is 0 Å². The van der Waals surface area contributed by atoms with Crippen molar-refractivity contribution in [3.8, 4) is 0 Å². The summed E-state index contributed by atoms with van der Waals surface area (Å²) in [5.41, 5.74) is 3.71. The molecule has 0 aliphatic heterocycles. The topological polar surface area (TPSA) is 37.3 Å². The maximum absolute atomic E-state index is 12.6. The lowest BCUT2D eigenvalue weighted by atomic mass is 9.45. The molecule has 4 rings (SSSR count). The van der Waals surface area contributed by atoms with Gasteiger partial charge in [-0.15, -0.1) is 0 Å². The fraction of sp³-hybridized carbons (Fsp3) is 0.800. The van der Waals surface area contributed by atoms with Crippen molar-refractivity contribution >= 4 is 5.78 Å². The van der Waals surface area contributed by atoms with E-state index < -0.39 is 0 Å². The first-order valence-electron chi connectivity index (χ1n) is 11.1. The Morgan fingerprint density at radius 3 is 2.44 bits per heavy atom. The summed E-state index contributed by atoms with van der Waals surface area (Å²) in [7, 11) is 0. The van der Waals surface area contributed by atoms with E-state index >= 15 is 0 Å². The van der Waals surface area contributed by atoms with E-state index in [0.29, 0.717) is 35.6 Å². The summed E-state index contributed by atoms with van der Waals surface area (Å²) in [4.78, 5) is 12.6. The van der Waals surface area contributed by atoms with Crippen LogP contribution in [-0.4, -0.2) is 17.5 Å². The normalized spacial score (nSPS) is 46.7. The number of ketones is 1. The van der Waals surface area contributed by atoms with Gasteiger partial charge in [0.2, 0.25) is 0 Å². The van der Waals surface area contributed by atoms with Crippen LogP contribution in [0, 0.1) is 39.4 Å². The monoisotopic (exact) mass is 370 g/mol. The van der Waals surface area contributed by atoms with Crippen LogP contribution in [0.5, 0.6) is 0 Å². The Kier molecular flexibility index (Phi) is 4.18. The van der Waals surface area contributed by atoms with Crippen molar-refractivity contribution < 1.29 is 9.90 Å². The second kappa shape index (κ2) is 5.81. The van der Waals surface area contributed by atoms with E-state index in [4.69, 9.17) is 0 Å². The number of allylic oxidation sites excluding steroid dienone is 4. The van der Waals surface area contributed by atoms with Crippen LogP contribution in [0.1, 0.15) is 80.1 Å². The molecule has 4 aliphatic carbocycles. The van der Waals surface area contributed by atoms with Crippen molar-refractivity contribution in [2.24, 2.45) is 39.4 Å². The molecule has 1 saturated carbocycles. The van der Waals surface area contributed by atoms with Crippen LogP contribution in [0.25, 0.3) is 0 Å². The molecule has 1 fully saturated rings. The number of carbonyl (C=O) groups is 1. The molecule has 6 atom stereocenters. The van der Waals surface area contributed by atoms with Gasteiger partial charge in [-0.2, -0.15) is 0 Å². The highest BCUT2D eigenvalue weighted by atomic mass is 16.3. The number of fused-ring (bicyclic) bond motifs is 4. The van der Waals surface area contributed by atoms with Gasteiger partial charge in [0.1, 0.15) is 0 Å². The van der Waals surface area contributed by atoms with Crippen LogP contribution >= 0.6 is 0 Å². The number of carbonyl (C=O) groups excluding carboxylic acids is 1. The fourth-order valence-corrected chi connectivity index (χ4v) is 8.11. The Morgan fingerprint density at radius 1 is 1.07 bits per heavy atom. The predicted octanol–water partition coefficient (Wildman–Crippen LogP) is 5.71. The van der Waals surface area contributed by atoms with Crippen LogP contribution in [0.3, 0.4) is 0 Å². The SMILES string of the molecule is CC(CO)C1CCC2(C)C3=C(CCC12C)C1(C)C=CC(=O)C(C)(C)C1CC3. The molecule has 0 aromatic heterocycles. The second-order valence-electron chi connectivity index (χ2n) is 11.3. The Morgan fingerprint density at radius 2 is 1.78 bits per heavy atom. The maximum Gasteiger partial charge on any atom is 0.161 e. The average molecular weight is 371 g/mol. The first-order chi connectivity index (χ1) is 12.5. The quantitative estimate of drug-likeness (QED) is 0.632. The summed E-state index contributed by atoms with van der Waals surface area (Å²) in [6.07, 6.45) is 11.3. The average Bonchev–Trinajstić information content (AvgIpc) is 2.90. The largest absolute Gasteiger partial charge is 0.396 e. The molecule has 0 aromatic carbocycles. The highest BCUT2D eigenvalue weighted by Crippen LogP contribution is 2.71. The van der Waals surface area contributed by atoms with Gasteiger partial charge < -0.3 is 5.11 Å². The summed E-state index contributed by atoms with van der Waals surface area (Å²) < 4.78 is 0. The molecule has 0 radical (unpaired) electrons. The van der Waals surface area contributed by atoms with Gasteiger partial charge >= 0.3 is 0 Å². The minimum absolute atomic E-state index is 0.0377. The van der Waals surface area contributed by atoms with Gasteiger partial charge in [-0.05, 0) is 73.2 Å². The van der Waals surface area contributed by atoms with Crippen LogP contribution in [0.15, 0.2) is 23.3 Å². The predicted molar refractivity (Wildman–Crippen MR) is 110 cm³/mol. The van der Waals surface area contributed by atoms with E-state index in [1.165, 1.54) is 19.3 Å². The third-order valence-electron chi connectivity index (χ3n) is 10.1. The zero-order valence-electron chi connectivity index (χ0n) is 18.2. The van der Waals surface area contributed by atoms with Crippen molar-refractivity contribution in [1.82, 2.24) is 0 Å². The number of aliphatic hydroxyl groups excluding tert-OH is 1. The summed E-state index contributed by atoms with van der Waals surface area (Å²) in [6.45, 7) is 14.3. The summed E-state index contributed by atoms with van der Waals surface area (Å²) in [6, 6.07) is 0. The number of aliphatic hydroxyl groups is 1. The zero-order valence-corrected chi connectivity index (χ0v) is 18.2. The Balaban J connectivity index is 1.82. The minimum Gasteiger partial charge on any atom is -0.396 e. The lowest BCUT2D eigenvalue weighted by molar-refractivity contribution is -0.128. The first-order valence-corrected chi connectivity index (χ1v) is 11.1. The van der Waals surface area contributed by atoms with Gasteiger partial charge in [0, 0.05) is 17.4 Å². The smallest absolute Gasteiger partial charge is 0.161 e. The van der Waals surface area contributed by atoms with E-state index in [1.54, 1.807) is 11.1 Å². The number of hydrogen-bond acceptors (Lipinski definition) is 2. The molecule has 6 unspecified atom stereocenters. The van der Waals surface area contributed by atoms with Crippen molar-refractivity contribution in [3.63, 3.8) is 0 Å². The summed E-state index contributed by atoms with van der Waals surface area (Å²) in [5, 5.41) is 9.84. The second-order valence-corrected chi connectivity index (χ2v) is 11.3. The van der Waals surface area contributed by atoms with Crippen molar-refractivity contribution in [2.45, 2.75) is 80.1 Å². The fourth-order valence-electron chi connectivity index (χ4n) is 8.11. The van der Waals surface area contributed by atoms with E-state index in [0.717, 1.165) is 19.3 Å². The maximum atomic E-state index is 12.6. The lowest BCUT2D eigenvalue weighted by Crippen LogP contribution is -2.52. The van der Waals surface area contributed by atoms with Crippen molar-refractivity contribution in [3.05, 3.63) is 23.3 Å². The molecular formula is C25H38O2. The van der Waals surface area contributed by atoms with Crippen LogP contribution in [0.4, 0.5) is 0 Å². The van der Waals surface area contributed by atoms with E-state index in [-0.39, 0.29) is 16.2 Å². The van der Waals surface area contributed by atoms with Gasteiger partial charge in [-0.3, -0.25) is 4.79 Å². The molecule has 1 N–H and O–H groups in total. The minimum atomic E-state index is -0.257. The molecule has 0 amide bonds. The zero-order chi connectivity index (χ0) is 19.8. The summed E-state index contributed by atoms with van der Waals surface area (Å²) in [5.74, 6) is 1.73. The molecule has 0 saturated heterocycles. The molecule has 0 bridgehead atoms. The molecule has 0 heterocycles. The van der Waals surface area contributed by atoms with E-state index in [9.17, 15) is 9.90 Å². The third-order valence-corrected chi connectivity index (χ3v) is 10.1. The van der Waals surface area contributed by atoms with Crippen LogP contribution < -0.4 is 0 Å². The molecule has 2 heteroatoms. The highest BCUT2D eigenvalue weighted by molar-refractivity contribution is 5.96. The Labute approximate surface area is 165 Å². The van der Waals surface area contributed by atoms with E-state index in [1.807, 2.05) is 6.08 Å². The molecule has 4 aliphatic rings. The molecule has 2 nitrogen and oxygen atoms in total. The van der Waals surface area contributed by atoms with Gasteiger partial charge in [0.05, 0.1) is 0 Å². The van der Waals surface area contributed by atoms with Gasteiger partial charge in [0.15, 0.2) is 5.78 Å². The molecule has 0 aromatic rings. The van der Waals surface area contributed by atoms with Crippen molar-refractivity contribution in [2.75, 3.05) is 6.61 Å².